The average Bonchev–Trinajstić information content (AvgIpc) is 2.07. The van der Waals surface area contributed by atoms with Gasteiger partial charge >= 0.3 is 0 Å². The minimum atomic E-state index is -0.0649. The lowest BCUT2D eigenvalue weighted by molar-refractivity contribution is -0.111. The van der Waals surface area contributed by atoms with E-state index in [1.807, 2.05) is 18.2 Å². The van der Waals surface area contributed by atoms with Crippen LogP contribution in [0.4, 0.5) is 0 Å². The second-order valence-electron chi connectivity index (χ2n) is 2.76. The fraction of sp³-hybridized carbons (Fsp3) is 0.100. The molecule has 0 radical (unpaired) electrons. The van der Waals surface area contributed by atoms with Crippen molar-refractivity contribution in [3.63, 3.8) is 0 Å². The molecule has 1 aliphatic heterocycles. The summed E-state index contributed by atoms with van der Waals surface area (Å²) in [5.74, 6) is -0.0649. The molecule has 0 saturated heterocycles. The third kappa shape index (κ3) is 1.54. The van der Waals surface area contributed by atoms with E-state index < -0.39 is 0 Å². The molecule has 2 rings (SSSR count). The highest BCUT2D eigenvalue weighted by Gasteiger charge is 2.14. The zero-order valence-corrected chi connectivity index (χ0v) is 6.97. The monoisotopic (exact) mass is 172 g/mol. The molecule has 0 amide bonds. The summed E-state index contributed by atoms with van der Waals surface area (Å²) >= 11 is 0. The number of hydrogen-bond acceptors (Lipinski definition) is 3. The van der Waals surface area contributed by atoms with Crippen molar-refractivity contribution in [1.82, 2.24) is 0 Å². The van der Waals surface area contributed by atoms with E-state index in [0.717, 1.165) is 12.0 Å². The van der Waals surface area contributed by atoms with Crippen LogP contribution in [0.2, 0.25) is 0 Å². The SMILES string of the molecule is O=C1C=CCC2=C1\N=N/C=C\C=C/2. The van der Waals surface area contributed by atoms with Gasteiger partial charge in [-0.2, -0.15) is 5.11 Å². The van der Waals surface area contributed by atoms with Crippen molar-refractivity contribution >= 4 is 5.78 Å². The minimum Gasteiger partial charge on any atom is -0.287 e. The number of allylic oxidation sites excluding steroid dienone is 6. The van der Waals surface area contributed by atoms with Gasteiger partial charge in [-0.25, -0.2) is 0 Å². The first-order chi connectivity index (χ1) is 6.38. The Kier molecular flexibility index (Phi) is 2.00. The Morgan fingerprint density at radius 3 is 3.08 bits per heavy atom. The molecule has 1 heterocycles. The van der Waals surface area contributed by atoms with Crippen LogP contribution in [0.5, 0.6) is 0 Å². The summed E-state index contributed by atoms with van der Waals surface area (Å²) in [5.41, 5.74) is 1.39. The van der Waals surface area contributed by atoms with Crippen LogP contribution in [0.15, 0.2) is 58.1 Å². The van der Waals surface area contributed by atoms with Crippen LogP contribution in [-0.2, 0) is 4.79 Å². The Hall–Kier alpha value is -1.77. The highest BCUT2D eigenvalue weighted by molar-refractivity contribution is 6.05. The molecule has 0 unspecified atom stereocenters. The summed E-state index contributed by atoms with van der Waals surface area (Å²) in [4.78, 5) is 11.3. The standard InChI is InChI=1S/C10H8N2O/c13-9-6-3-5-8-4-1-2-7-11-12-10(8)9/h1-4,6-7H,5H2/b2-1?,4-1-,7-2-,8-4?,11-7?,12-10?,12-11-. The molecule has 13 heavy (non-hydrogen) atoms. The molecule has 0 N–H and O–H groups in total. The molecule has 3 nitrogen and oxygen atoms in total. The molecule has 1 aliphatic carbocycles. The number of azo groups is 1. The molecule has 0 fully saturated rings. The van der Waals surface area contributed by atoms with E-state index >= 15 is 0 Å². The second kappa shape index (κ2) is 3.31. The van der Waals surface area contributed by atoms with E-state index in [1.165, 1.54) is 6.08 Å². The van der Waals surface area contributed by atoms with E-state index in [0.29, 0.717) is 5.70 Å². The number of carbonyl (C=O) groups excluding carboxylic acids is 1. The predicted molar refractivity (Wildman–Crippen MR) is 48.9 cm³/mol. The molecular formula is C10H8N2O. The maximum Gasteiger partial charge on any atom is 0.206 e. The number of hydrogen-bond donors (Lipinski definition) is 0. The van der Waals surface area contributed by atoms with Gasteiger partial charge in [0.05, 0.1) is 0 Å². The molecule has 0 aromatic carbocycles. The van der Waals surface area contributed by atoms with Crippen molar-refractivity contribution in [2.45, 2.75) is 6.42 Å². The molecule has 3 heteroatoms. The van der Waals surface area contributed by atoms with Gasteiger partial charge in [0.15, 0.2) is 0 Å². The summed E-state index contributed by atoms with van der Waals surface area (Å²) in [6.45, 7) is 0. The van der Waals surface area contributed by atoms with Crippen molar-refractivity contribution in [3.05, 3.63) is 47.9 Å². The molecular weight excluding hydrogens is 164 g/mol. The van der Waals surface area contributed by atoms with Crippen LogP contribution < -0.4 is 0 Å². The van der Waals surface area contributed by atoms with Crippen LogP contribution in [0, 0.1) is 0 Å². The van der Waals surface area contributed by atoms with Gasteiger partial charge in [-0.15, -0.1) is 5.11 Å². The maximum absolute atomic E-state index is 11.3. The summed E-state index contributed by atoms with van der Waals surface area (Å²) in [5, 5.41) is 7.60. The van der Waals surface area contributed by atoms with Gasteiger partial charge in [0.1, 0.15) is 5.70 Å². The Balaban J connectivity index is 2.44. The fourth-order valence-electron chi connectivity index (χ4n) is 1.24. The molecule has 0 saturated carbocycles. The van der Waals surface area contributed by atoms with Gasteiger partial charge < -0.3 is 0 Å². The summed E-state index contributed by atoms with van der Waals surface area (Å²) in [7, 11) is 0. The topological polar surface area (TPSA) is 41.8 Å². The Morgan fingerprint density at radius 1 is 1.23 bits per heavy atom. The lowest BCUT2D eigenvalue weighted by Gasteiger charge is -2.07. The van der Waals surface area contributed by atoms with Gasteiger partial charge in [-0.3, -0.25) is 4.79 Å². The van der Waals surface area contributed by atoms with Gasteiger partial charge in [0.25, 0.3) is 0 Å². The average molecular weight is 172 g/mol. The first kappa shape index (κ1) is 7.86. The largest absolute Gasteiger partial charge is 0.287 e. The maximum atomic E-state index is 11.3. The van der Waals surface area contributed by atoms with E-state index in [9.17, 15) is 4.79 Å². The van der Waals surface area contributed by atoms with Crippen molar-refractivity contribution in [2.24, 2.45) is 10.2 Å². The number of carbonyl (C=O) groups is 1. The van der Waals surface area contributed by atoms with Crippen molar-refractivity contribution in [2.75, 3.05) is 0 Å². The Morgan fingerprint density at radius 2 is 2.15 bits per heavy atom. The quantitative estimate of drug-likeness (QED) is 0.552. The normalized spacial score (nSPS) is 27.5. The summed E-state index contributed by atoms with van der Waals surface area (Å²) in [6.07, 6.45) is 11.2. The molecule has 0 bridgehead atoms. The second-order valence-corrected chi connectivity index (χ2v) is 2.76. The Labute approximate surface area is 75.9 Å². The minimum absolute atomic E-state index is 0.0649. The van der Waals surface area contributed by atoms with Gasteiger partial charge in [0.2, 0.25) is 5.78 Å². The summed E-state index contributed by atoms with van der Waals surface area (Å²) in [6, 6.07) is 0. The lowest BCUT2D eigenvalue weighted by Crippen LogP contribution is -2.03. The number of nitrogens with zero attached hydrogens (tertiary/aromatic N) is 2. The first-order valence-corrected chi connectivity index (χ1v) is 4.06. The molecule has 0 spiro atoms. The third-order valence-corrected chi connectivity index (χ3v) is 1.86. The van der Waals surface area contributed by atoms with E-state index in [4.69, 9.17) is 0 Å². The third-order valence-electron chi connectivity index (χ3n) is 1.86. The smallest absolute Gasteiger partial charge is 0.206 e. The fourth-order valence-corrected chi connectivity index (χ4v) is 1.24. The highest BCUT2D eigenvalue weighted by atomic mass is 16.1. The van der Waals surface area contributed by atoms with E-state index in [1.54, 1.807) is 12.3 Å². The molecule has 0 aromatic rings. The number of ketones is 1. The van der Waals surface area contributed by atoms with Crippen LogP contribution in [-0.4, -0.2) is 5.78 Å². The van der Waals surface area contributed by atoms with Gasteiger partial charge in [-0.05, 0) is 24.1 Å². The van der Waals surface area contributed by atoms with E-state index in [-0.39, 0.29) is 5.78 Å². The predicted octanol–water partition coefficient (Wildman–Crippen LogP) is 2.31. The van der Waals surface area contributed by atoms with Crippen LogP contribution in [0.3, 0.4) is 0 Å². The van der Waals surface area contributed by atoms with Gasteiger partial charge in [0, 0.05) is 6.20 Å². The van der Waals surface area contributed by atoms with Crippen molar-refractivity contribution < 1.29 is 4.79 Å². The molecule has 0 aromatic heterocycles. The molecule has 64 valence electrons. The van der Waals surface area contributed by atoms with Crippen LogP contribution in [0.1, 0.15) is 6.42 Å². The lowest BCUT2D eigenvalue weighted by atomic mass is 10.0. The van der Waals surface area contributed by atoms with Crippen LogP contribution in [0.25, 0.3) is 0 Å². The zero-order chi connectivity index (χ0) is 9.10. The van der Waals surface area contributed by atoms with E-state index in [2.05, 4.69) is 10.2 Å². The zero-order valence-electron chi connectivity index (χ0n) is 6.97. The first-order valence-electron chi connectivity index (χ1n) is 4.06. The van der Waals surface area contributed by atoms with Crippen molar-refractivity contribution in [1.29, 1.82) is 0 Å². The van der Waals surface area contributed by atoms with Gasteiger partial charge in [-0.1, -0.05) is 18.2 Å². The van der Waals surface area contributed by atoms with Crippen molar-refractivity contribution in [3.8, 4) is 0 Å². The van der Waals surface area contributed by atoms with Crippen LogP contribution >= 0.6 is 0 Å². The Bertz CT molecular complexity index is 384. The molecule has 0 atom stereocenters. The number of rotatable bonds is 0. The molecule has 2 aliphatic rings. The summed E-state index contributed by atoms with van der Waals surface area (Å²) < 4.78 is 0. The highest BCUT2D eigenvalue weighted by Crippen LogP contribution is 2.20.